The van der Waals surface area contributed by atoms with Gasteiger partial charge in [-0.3, -0.25) is 9.59 Å². The Morgan fingerprint density at radius 2 is 1.67 bits per heavy atom. The normalized spacial score (nSPS) is 18.3. The number of hydrogen-bond donors (Lipinski definition) is 3. The van der Waals surface area contributed by atoms with Crippen LogP contribution in [0.2, 0.25) is 0 Å². The number of phenolic OH excluding ortho intramolecular Hbond substituents is 2. The number of esters is 2. The first-order chi connectivity index (χ1) is 23.6. The lowest BCUT2D eigenvalue weighted by atomic mass is 9.88. The number of methoxy groups -OCH3 is 2. The molecule has 0 saturated heterocycles. The zero-order chi connectivity index (χ0) is 35.3. The van der Waals surface area contributed by atoms with Gasteiger partial charge in [-0.05, 0) is 71.3 Å². The molecule has 0 heterocycles. The van der Waals surface area contributed by atoms with E-state index in [2.05, 4.69) is 18.8 Å². The number of ether oxygens (including phenoxy) is 4. The molecule has 0 fully saturated rings. The molecule has 3 N–H and O–H groups in total. The van der Waals surface area contributed by atoms with Gasteiger partial charge in [0.1, 0.15) is 12.2 Å². The SMILES string of the molecule is CCCCC[C@H](C(=O)O[C@H]1C[C@@H](OC(C)=O)CCc2cc(OC)c(O)cc2CC#C[C@@H](c2ccc(O)c(OC)c2)C1)c1cccc(CO)c1. The second kappa shape index (κ2) is 18.2. The van der Waals surface area contributed by atoms with Gasteiger partial charge in [0, 0.05) is 32.1 Å². The monoisotopic (exact) mass is 672 g/mol. The van der Waals surface area contributed by atoms with E-state index >= 15 is 0 Å². The van der Waals surface area contributed by atoms with E-state index in [1.807, 2.05) is 24.3 Å². The van der Waals surface area contributed by atoms with Crippen LogP contribution in [0.15, 0.2) is 54.6 Å². The van der Waals surface area contributed by atoms with Crippen molar-refractivity contribution in [1.29, 1.82) is 0 Å². The first-order valence-corrected chi connectivity index (χ1v) is 17.0. The summed E-state index contributed by atoms with van der Waals surface area (Å²) in [5.74, 6) is 5.46. The van der Waals surface area contributed by atoms with E-state index in [1.165, 1.54) is 21.1 Å². The lowest BCUT2D eigenvalue weighted by molar-refractivity contribution is -0.156. The fourth-order valence-electron chi connectivity index (χ4n) is 6.37. The number of aliphatic hydroxyl groups excluding tert-OH is 1. The Hall–Kier alpha value is -4.68. The van der Waals surface area contributed by atoms with E-state index in [1.54, 1.807) is 30.3 Å². The predicted molar refractivity (Wildman–Crippen MR) is 186 cm³/mol. The number of benzene rings is 3. The molecule has 0 radical (unpaired) electrons. The summed E-state index contributed by atoms with van der Waals surface area (Å²) in [6.45, 7) is 3.33. The molecular weight excluding hydrogens is 624 g/mol. The Morgan fingerprint density at radius 3 is 2.39 bits per heavy atom. The Kier molecular flexibility index (Phi) is 13.8. The van der Waals surface area contributed by atoms with Crippen molar-refractivity contribution in [1.82, 2.24) is 0 Å². The number of unbranched alkanes of at least 4 members (excludes halogenated alkanes) is 2. The molecule has 3 aromatic rings. The summed E-state index contributed by atoms with van der Waals surface area (Å²) in [7, 11) is 2.96. The molecule has 49 heavy (non-hydrogen) atoms. The van der Waals surface area contributed by atoms with Crippen LogP contribution in [0.3, 0.4) is 0 Å². The van der Waals surface area contributed by atoms with Crippen LogP contribution in [-0.2, 0) is 38.5 Å². The molecule has 0 spiro atoms. The van der Waals surface area contributed by atoms with Crippen LogP contribution in [-0.4, -0.2) is 53.7 Å². The van der Waals surface area contributed by atoms with Gasteiger partial charge in [-0.1, -0.05) is 68.4 Å². The minimum Gasteiger partial charge on any atom is -0.504 e. The standard InChI is InChI=1S/C40H48O9/c1-5-6-7-14-35(32-13-8-10-27(19-32)25-41)40(45)49-34-20-28(31-16-18-36(43)38(22-31)46-3)11-9-12-29-21-37(44)39(47-4)23-30(29)15-17-33(24-34)48-26(2)42/h8,10,13,16,18-19,21-23,28,33-35,41,43-44H,5-7,12,14-15,17,20,24-25H2,1-4H3/t28-,33+,34-,35+/m1/s1. The third kappa shape index (κ3) is 10.4. The summed E-state index contributed by atoms with van der Waals surface area (Å²) in [5, 5.41) is 30.7. The minimum absolute atomic E-state index is 0.0105. The second-order valence-corrected chi connectivity index (χ2v) is 12.5. The number of carbonyl (C=O) groups is 2. The number of phenols is 2. The number of rotatable bonds is 12. The van der Waals surface area contributed by atoms with Crippen LogP contribution in [0, 0.1) is 11.8 Å². The lowest BCUT2D eigenvalue weighted by Crippen LogP contribution is -2.31. The molecule has 0 aliphatic heterocycles. The maximum Gasteiger partial charge on any atom is 0.313 e. The Balaban J connectivity index is 1.76. The molecule has 0 amide bonds. The quantitative estimate of drug-likeness (QED) is 0.107. The van der Waals surface area contributed by atoms with Crippen molar-refractivity contribution >= 4 is 11.9 Å². The molecule has 9 heteroatoms. The van der Waals surface area contributed by atoms with Gasteiger partial charge in [-0.15, -0.1) is 0 Å². The van der Waals surface area contributed by atoms with Crippen LogP contribution in [0.25, 0.3) is 0 Å². The summed E-state index contributed by atoms with van der Waals surface area (Å²) in [6.07, 6.45) is 3.94. The van der Waals surface area contributed by atoms with E-state index in [0.717, 1.165) is 41.5 Å². The summed E-state index contributed by atoms with van der Waals surface area (Å²) in [4.78, 5) is 26.5. The Morgan fingerprint density at radius 1 is 0.898 bits per heavy atom. The molecule has 262 valence electrons. The van der Waals surface area contributed by atoms with Crippen LogP contribution < -0.4 is 9.47 Å². The van der Waals surface area contributed by atoms with Crippen molar-refractivity contribution in [2.75, 3.05) is 14.2 Å². The fraction of sp³-hybridized carbons (Fsp3) is 0.450. The van der Waals surface area contributed by atoms with Gasteiger partial charge in [0.05, 0.1) is 26.7 Å². The molecule has 1 aliphatic rings. The first kappa shape index (κ1) is 37.1. The second-order valence-electron chi connectivity index (χ2n) is 12.5. The molecule has 4 atom stereocenters. The van der Waals surface area contributed by atoms with Crippen molar-refractivity contribution in [3.05, 3.63) is 82.4 Å². The van der Waals surface area contributed by atoms with Crippen LogP contribution in [0.4, 0.5) is 0 Å². The van der Waals surface area contributed by atoms with Gasteiger partial charge < -0.3 is 34.3 Å². The van der Waals surface area contributed by atoms with Gasteiger partial charge in [0.25, 0.3) is 0 Å². The molecular formula is C40H48O9. The largest absolute Gasteiger partial charge is 0.504 e. The zero-order valence-electron chi connectivity index (χ0n) is 28.9. The van der Waals surface area contributed by atoms with Gasteiger partial charge >= 0.3 is 11.9 Å². The number of aromatic hydroxyl groups is 2. The van der Waals surface area contributed by atoms with Crippen LogP contribution in [0.1, 0.15) is 98.4 Å². The molecule has 3 aromatic carbocycles. The van der Waals surface area contributed by atoms with Crippen molar-refractivity contribution in [3.8, 4) is 34.8 Å². The smallest absolute Gasteiger partial charge is 0.313 e. The third-order valence-electron chi connectivity index (χ3n) is 8.95. The summed E-state index contributed by atoms with van der Waals surface area (Å²) in [6, 6.07) is 15.9. The topological polar surface area (TPSA) is 132 Å². The lowest BCUT2D eigenvalue weighted by Gasteiger charge is -2.28. The summed E-state index contributed by atoms with van der Waals surface area (Å²) >= 11 is 0. The molecule has 0 aromatic heterocycles. The average molecular weight is 673 g/mol. The number of hydrogen-bond acceptors (Lipinski definition) is 9. The number of fused-ring (bicyclic) bond motifs is 1. The van der Waals surface area contributed by atoms with Crippen LogP contribution >= 0.6 is 0 Å². The van der Waals surface area contributed by atoms with E-state index in [-0.39, 0.29) is 30.5 Å². The van der Waals surface area contributed by atoms with Crippen LogP contribution in [0.5, 0.6) is 23.0 Å². The summed E-state index contributed by atoms with van der Waals surface area (Å²) in [5.41, 5.74) is 3.99. The number of carbonyl (C=O) groups excluding carboxylic acids is 2. The summed E-state index contributed by atoms with van der Waals surface area (Å²) < 4.78 is 23.0. The van der Waals surface area contributed by atoms with E-state index in [0.29, 0.717) is 49.2 Å². The van der Waals surface area contributed by atoms with Gasteiger partial charge in [0.2, 0.25) is 0 Å². The van der Waals surface area contributed by atoms with Crippen molar-refractivity contribution < 1.29 is 43.9 Å². The van der Waals surface area contributed by atoms with E-state index in [4.69, 9.17) is 18.9 Å². The highest BCUT2D eigenvalue weighted by Crippen LogP contribution is 2.35. The predicted octanol–water partition coefficient (Wildman–Crippen LogP) is 6.87. The Labute approximate surface area is 289 Å². The molecule has 1 aliphatic carbocycles. The molecule has 4 rings (SSSR count). The van der Waals surface area contributed by atoms with Crippen molar-refractivity contribution in [2.24, 2.45) is 0 Å². The molecule has 0 bridgehead atoms. The Bertz CT molecular complexity index is 1640. The maximum atomic E-state index is 14.1. The van der Waals surface area contributed by atoms with Gasteiger partial charge in [0.15, 0.2) is 23.0 Å². The fourth-order valence-corrected chi connectivity index (χ4v) is 6.37. The maximum absolute atomic E-state index is 14.1. The molecule has 9 nitrogen and oxygen atoms in total. The van der Waals surface area contributed by atoms with Crippen molar-refractivity contribution in [2.45, 2.75) is 102 Å². The van der Waals surface area contributed by atoms with E-state index < -0.39 is 30.0 Å². The highest BCUT2D eigenvalue weighted by atomic mass is 16.6. The van der Waals surface area contributed by atoms with Gasteiger partial charge in [-0.25, -0.2) is 0 Å². The highest BCUT2D eigenvalue weighted by molar-refractivity contribution is 5.78. The third-order valence-corrected chi connectivity index (χ3v) is 8.95. The minimum atomic E-state index is -0.682. The first-order valence-electron chi connectivity index (χ1n) is 17.0. The van der Waals surface area contributed by atoms with E-state index in [9.17, 15) is 24.9 Å². The molecule has 0 saturated carbocycles. The number of aliphatic hydroxyl groups is 1. The average Bonchev–Trinajstić information content (AvgIpc) is 3.08. The molecule has 0 unspecified atom stereocenters. The number of aryl methyl sites for hydroxylation is 1. The van der Waals surface area contributed by atoms with Crippen molar-refractivity contribution in [3.63, 3.8) is 0 Å². The highest BCUT2D eigenvalue weighted by Gasteiger charge is 2.30. The zero-order valence-corrected chi connectivity index (χ0v) is 28.9. The van der Waals surface area contributed by atoms with Gasteiger partial charge in [-0.2, -0.15) is 0 Å².